The fourth-order valence-electron chi connectivity index (χ4n) is 2.01. The highest BCUT2D eigenvalue weighted by atomic mass is 16.5. The van der Waals surface area contributed by atoms with Crippen LogP contribution in [0.1, 0.15) is 24.3 Å². The molecule has 0 saturated carbocycles. The molecule has 0 aromatic heterocycles. The van der Waals surface area contributed by atoms with Crippen LogP contribution in [0.15, 0.2) is 24.3 Å². The summed E-state index contributed by atoms with van der Waals surface area (Å²) in [6.07, 6.45) is 1.36. The lowest BCUT2D eigenvalue weighted by atomic mass is 9.96. The van der Waals surface area contributed by atoms with E-state index in [0.29, 0.717) is 12.3 Å². The number of para-hydroxylation sites is 1. The molecule has 1 N–H and O–H groups in total. The van der Waals surface area contributed by atoms with Gasteiger partial charge in [-0.3, -0.25) is 4.79 Å². The van der Waals surface area contributed by atoms with Crippen LogP contribution in [0.5, 0.6) is 0 Å². The molecule has 0 fully saturated rings. The van der Waals surface area contributed by atoms with Crippen molar-refractivity contribution in [2.24, 2.45) is 0 Å². The van der Waals surface area contributed by atoms with Crippen LogP contribution in [-0.4, -0.2) is 19.6 Å². The van der Waals surface area contributed by atoms with Crippen LogP contribution in [0.4, 0.5) is 5.69 Å². The highest BCUT2D eigenvalue weighted by molar-refractivity contribution is 5.69. The molecule has 1 aliphatic heterocycles. The maximum Gasteiger partial charge on any atom is 0.305 e. The fourth-order valence-corrected chi connectivity index (χ4v) is 2.01. The van der Waals surface area contributed by atoms with Gasteiger partial charge in [0.25, 0.3) is 0 Å². The largest absolute Gasteiger partial charge is 0.469 e. The Hall–Kier alpha value is -1.51. The summed E-state index contributed by atoms with van der Waals surface area (Å²) in [7, 11) is 1.43. The number of fused-ring (bicyclic) bond motifs is 1. The van der Waals surface area contributed by atoms with E-state index >= 15 is 0 Å². The van der Waals surface area contributed by atoms with Crippen LogP contribution >= 0.6 is 0 Å². The number of anilines is 1. The number of nitrogens with one attached hydrogen (secondary N) is 1. The van der Waals surface area contributed by atoms with Crippen molar-refractivity contribution in [2.75, 3.05) is 19.0 Å². The second-order valence-corrected chi connectivity index (χ2v) is 3.78. The lowest BCUT2D eigenvalue weighted by Crippen LogP contribution is -2.06. The number of hydrogen-bond acceptors (Lipinski definition) is 3. The molecule has 1 aliphatic rings. The topological polar surface area (TPSA) is 38.3 Å². The number of rotatable bonds is 3. The maximum atomic E-state index is 11.0. The van der Waals surface area contributed by atoms with Gasteiger partial charge in [-0.1, -0.05) is 18.2 Å². The first-order valence-corrected chi connectivity index (χ1v) is 5.21. The van der Waals surface area contributed by atoms with Gasteiger partial charge in [0, 0.05) is 24.6 Å². The predicted octanol–water partition coefficient (Wildman–Crippen LogP) is 2.15. The molecule has 0 saturated heterocycles. The number of benzene rings is 1. The van der Waals surface area contributed by atoms with E-state index in [9.17, 15) is 4.79 Å². The van der Waals surface area contributed by atoms with Crippen LogP contribution in [-0.2, 0) is 9.53 Å². The van der Waals surface area contributed by atoms with E-state index in [1.165, 1.54) is 18.4 Å². The average molecular weight is 205 g/mol. The second kappa shape index (κ2) is 4.34. The summed E-state index contributed by atoms with van der Waals surface area (Å²) in [6, 6.07) is 8.26. The Morgan fingerprint density at radius 3 is 3.13 bits per heavy atom. The zero-order valence-electron chi connectivity index (χ0n) is 8.82. The number of ether oxygens (including phenoxy) is 1. The van der Waals surface area contributed by atoms with Crippen LogP contribution < -0.4 is 5.32 Å². The van der Waals surface area contributed by atoms with Crippen molar-refractivity contribution >= 4 is 11.7 Å². The van der Waals surface area contributed by atoms with Crippen molar-refractivity contribution in [2.45, 2.75) is 18.8 Å². The minimum Gasteiger partial charge on any atom is -0.469 e. The normalized spacial score (nSPS) is 18.1. The molecule has 3 nitrogen and oxygen atoms in total. The first-order chi connectivity index (χ1) is 7.31. The van der Waals surface area contributed by atoms with Gasteiger partial charge >= 0.3 is 5.97 Å². The van der Waals surface area contributed by atoms with E-state index in [-0.39, 0.29) is 5.97 Å². The minimum atomic E-state index is -0.126. The molecule has 80 valence electrons. The molecule has 0 aliphatic carbocycles. The van der Waals surface area contributed by atoms with E-state index < -0.39 is 0 Å². The molecule has 0 spiro atoms. The second-order valence-electron chi connectivity index (χ2n) is 3.78. The van der Waals surface area contributed by atoms with Gasteiger partial charge in [-0.05, 0) is 18.1 Å². The summed E-state index contributed by atoms with van der Waals surface area (Å²) in [5.41, 5.74) is 2.52. The quantitative estimate of drug-likeness (QED) is 0.768. The molecule has 1 aromatic carbocycles. The maximum absolute atomic E-state index is 11.0. The summed E-state index contributed by atoms with van der Waals surface area (Å²) < 4.78 is 4.64. The summed E-state index contributed by atoms with van der Waals surface area (Å²) in [6.45, 7) is 0.927. The van der Waals surface area contributed by atoms with Crippen molar-refractivity contribution < 1.29 is 9.53 Å². The van der Waals surface area contributed by atoms with Crippen LogP contribution in [0, 0.1) is 0 Å². The molecular weight excluding hydrogens is 190 g/mol. The minimum absolute atomic E-state index is 0.126. The third-order valence-corrected chi connectivity index (χ3v) is 2.86. The third-order valence-electron chi connectivity index (χ3n) is 2.86. The number of carbonyl (C=O) groups is 1. The van der Waals surface area contributed by atoms with Crippen molar-refractivity contribution in [1.82, 2.24) is 0 Å². The third kappa shape index (κ3) is 2.12. The van der Waals surface area contributed by atoms with Crippen molar-refractivity contribution in [1.29, 1.82) is 0 Å². The van der Waals surface area contributed by atoms with Gasteiger partial charge in [-0.15, -0.1) is 0 Å². The standard InChI is InChI=1S/C12H15NO2/c1-15-12(14)7-6-9-8-13-11-5-3-2-4-10(9)11/h2-5,9,13H,6-8H2,1H3. The first kappa shape index (κ1) is 10.0. The van der Waals surface area contributed by atoms with Gasteiger partial charge in [0.1, 0.15) is 0 Å². The smallest absolute Gasteiger partial charge is 0.305 e. The Morgan fingerprint density at radius 2 is 2.33 bits per heavy atom. The van der Waals surface area contributed by atoms with Crippen molar-refractivity contribution in [3.63, 3.8) is 0 Å². The Labute approximate surface area is 89.4 Å². The van der Waals surface area contributed by atoms with E-state index in [2.05, 4.69) is 22.2 Å². The van der Waals surface area contributed by atoms with E-state index in [1.807, 2.05) is 12.1 Å². The highest BCUT2D eigenvalue weighted by Gasteiger charge is 2.21. The Balaban J connectivity index is 1.99. The molecule has 1 aromatic rings. The molecule has 1 unspecified atom stereocenters. The molecular formula is C12H15NO2. The Morgan fingerprint density at radius 1 is 1.53 bits per heavy atom. The van der Waals surface area contributed by atoms with Gasteiger partial charge in [-0.2, -0.15) is 0 Å². The summed E-state index contributed by atoms with van der Waals surface area (Å²) in [5.74, 6) is 0.319. The molecule has 0 bridgehead atoms. The number of esters is 1. The molecule has 0 amide bonds. The Kier molecular flexibility index (Phi) is 2.90. The van der Waals surface area contributed by atoms with Gasteiger partial charge < -0.3 is 10.1 Å². The van der Waals surface area contributed by atoms with Gasteiger partial charge in [0.2, 0.25) is 0 Å². The Bertz CT molecular complexity index is 362. The predicted molar refractivity (Wildman–Crippen MR) is 58.9 cm³/mol. The summed E-state index contributed by atoms with van der Waals surface area (Å²) >= 11 is 0. The highest BCUT2D eigenvalue weighted by Crippen LogP contribution is 2.33. The molecule has 1 atom stereocenters. The van der Waals surface area contributed by atoms with Gasteiger partial charge in [0.05, 0.1) is 7.11 Å². The first-order valence-electron chi connectivity index (χ1n) is 5.21. The van der Waals surface area contributed by atoms with Gasteiger partial charge in [0.15, 0.2) is 0 Å². The monoisotopic (exact) mass is 205 g/mol. The van der Waals surface area contributed by atoms with Crippen molar-refractivity contribution in [3.05, 3.63) is 29.8 Å². The number of methoxy groups -OCH3 is 1. The number of hydrogen-bond donors (Lipinski definition) is 1. The zero-order chi connectivity index (χ0) is 10.7. The van der Waals surface area contributed by atoms with E-state index in [1.54, 1.807) is 0 Å². The molecule has 3 heteroatoms. The summed E-state index contributed by atoms with van der Waals surface area (Å²) in [4.78, 5) is 11.0. The van der Waals surface area contributed by atoms with E-state index in [4.69, 9.17) is 0 Å². The zero-order valence-corrected chi connectivity index (χ0v) is 8.82. The van der Waals surface area contributed by atoms with Crippen LogP contribution in [0.3, 0.4) is 0 Å². The SMILES string of the molecule is COC(=O)CCC1CNc2ccccc21. The lowest BCUT2D eigenvalue weighted by Gasteiger charge is -2.08. The molecule has 1 heterocycles. The lowest BCUT2D eigenvalue weighted by molar-refractivity contribution is -0.140. The molecule has 15 heavy (non-hydrogen) atoms. The fraction of sp³-hybridized carbons (Fsp3) is 0.417. The summed E-state index contributed by atoms with van der Waals surface area (Å²) in [5, 5.41) is 3.34. The van der Waals surface area contributed by atoms with Crippen LogP contribution in [0.25, 0.3) is 0 Å². The van der Waals surface area contributed by atoms with Crippen molar-refractivity contribution in [3.8, 4) is 0 Å². The van der Waals surface area contributed by atoms with E-state index in [0.717, 1.165) is 13.0 Å². The van der Waals surface area contributed by atoms with Crippen LogP contribution in [0.2, 0.25) is 0 Å². The molecule has 2 rings (SSSR count). The van der Waals surface area contributed by atoms with Gasteiger partial charge in [-0.25, -0.2) is 0 Å². The number of carbonyl (C=O) groups excluding carboxylic acids is 1. The average Bonchev–Trinajstić information content (AvgIpc) is 2.69. The molecule has 0 radical (unpaired) electrons.